The first-order chi connectivity index (χ1) is 16.2. The zero-order valence-corrected chi connectivity index (χ0v) is 20.5. The van der Waals surface area contributed by atoms with E-state index in [-0.39, 0.29) is 11.6 Å². The first-order valence-corrected chi connectivity index (χ1v) is 13.4. The summed E-state index contributed by atoms with van der Waals surface area (Å²) < 4.78 is 39.2. The van der Waals surface area contributed by atoms with Gasteiger partial charge in [-0.3, -0.25) is 14.7 Å². The van der Waals surface area contributed by atoms with Crippen molar-refractivity contribution in [2.75, 3.05) is 32.5 Å². The van der Waals surface area contributed by atoms with Crippen molar-refractivity contribution in [1.29, 1.82) is 0 Å². The topological polar surface area (TPSA) is 97.9 Å². The molecule has 3 aromatic heterocycles. The molecule has 1 saturated carbocycles. The van der Waals surface area contributed by atoms with Crippen molar-refractivity contribution < 1.29 is 17.6 Å². The van der Waals surface area contributed by atoms with Crippen molar-refractivity contribution in [3.05, 3.63) is 46.7 Å². The maximum Gasteiger partial charge on any atom is 0.261 e. The molecule has 2 fully saturated rings. The summed E-state index contributed by atoms with van der Waals surface area (Å²) in [5.41, 5.74) is 1.72. The average Bonchev–Trinajstić information content (AvgIpc) is 3.53. The largest absolute Gasteiger partial charge is 0.491 e. The number of rotatable bonds is 7. The maximum absolute atomic E-state index is 12.9. The van der Waals surface area contributed by atoms with Gasteiger partial charge in [0.25, 0.3) is 5.56 Å². The Morgan fingerprint density at radius 2 is 2.06 bits per heavy atom. The third-order valence-electron chi connectivity index (χ3n) is 6.65. The molecule has 2 aliphatic rings. The molecular weight excluding hydrogens is 456 g/mol. The molecule has 10 heteroatoms. The molecule has 0 bridgehead atoms. The van der Waals surface area contributed by atoms with Crippen LogP contribution in [0, 0.1) is 5.92 Å². The van der Waals surface area contributed by atoms with E-state index in [9.17, 15) is 13.2 Å². The van der Waals surface area contributed by atoms with Crippen LogP contribution in [0.25, 0.3) is 22.2 Å². The smallest absolute Gasteiger partial charge is 0.261 e. The standard InChI is InChI=1S/C24H30N4O5S/c1-16-12-28(34(3,30)31)10-9-27(16)13-18-11-19-23(33-18)20(14-26(2)24(19)29)22-21(5-4-8-25-22)32-15-17-6-7-17/h4-5,8,11,14,16-17H,6-7,9-10,12-13,15H2,1-3H3. The molecule has 9 nitrogen and oxygen atoms in total. The second-order valence-corrected chi connectivity index (χ2v) is 11.4. The van der Waals surface area contributed by atoms with Gasteiger partial charge in [-0.1, -0.05) is 0 Å². The van der Waals surface area contributed by atoms with Crippen LogP contribution < -0.4 is 10.3 Å². The highest BCUT2D eigenvalue weighted by Gasteiger charge is 2.30. The van der Waals surface area contributed by atoms with E-state index in [1.807, 2.05) is 19.1 Å². The Morgan fingerprint density at radius 3 is 2.76 bits per heavy atom. The molecule has 0 amide bonds. The number of piperazine rings is 1. The highest BCUT2D eigenvalue weighted by molar-refractivity contribution is 7.88. The van der Waals surface area contributed by atoms with E-state index in [2.05, 4.69) is 9.88 Å². The lowest BCUT2D eigenvalue weighted by Crippen LogP contribution is -2.52. The van der Waals surface area contributed by atoms with E-state index < -0.39 is 10.0 Å². The van der Waals surface area contributed by atoms with Gasteiger partial charge in [0, 0.05) is 45.1 Å². The van der Waals surface area contributed by atoms with Crippen molar-refractivity contribution >= 4 is 21.0 Å². The summed E-state index contributed by atoms with van der Waals surface area (Å²) in [7, 11) is -1.49. The highest BCUT2D eigenvalue weighted by Crippen LogP contribution is 2.36. The van der Waals surface area contributed by atoms with Gasteiger partial charge in [0.2, 0.25) is 10.0 Å². The van der Waals surface area contributed by atoms with Gasteiger partial charge in [-0.2, -0.15) is 4.31 Å². The van der Waals surface area contributed by atoms with Gasteiger partial charge >= 0.3 is 0 Å². The lowest BCUT2D eigenvalue weighted by Gasteiger charge is -2.38. The Bertz CT molecular complexity index is 1380. The number of aryl methyl sites for hydroxylation is 1. The maximum atomic E-state index is 12.9. The average molecular weight is 487 g/mol. The Labute approximate surface area is 199 Å². The molecule has 5 rings (SSSR count). The predicted octanol–water partition coefficient (Wildman–Crippen LogP) is 2.45. The van der Waals surface area contributed by atoms with Crippen LogP contribution in [0.15, 0.2) is 39.8 Å². The molecule has 1 aliphatic carbocycles. The van der Waals surface area contributed by atoms with E-state index in [1.165, 1.54) is 23.4 Å². The number of furan rings is 1. The molecule has 1 unspecified atom stereocenters. The van der Waals surface area contributed by atoms with Gasteiger partial charge in [-0.05, 0) is 43.9 Å². The molecular formula is C24H30N4O5S. The minimum atomic E-state index is -3.21. The van der Waals surface area contributed by atoms with E-state index in [4.69, 9.17) is 9.15 Å². The van der Waals surface area contributed by atoms with Crippen LogP contribution >= 0.6 is 0 Å². The highest BCUT2D eigenvalue weighted by atomic mass is 32.2. The number of pyridine rings is 2. The Kier molecular flexibility index (Phi) is 5.99. The van der Waals surface area contributed by atoms with Crippen LogP contribution in [0.4, 0.5) is 0 Å². The normalized spacial score (nSPS) is 20.1. The van der Waals surface area contributed by atoms with Crippen LogP contribution in [0.5, 0.6) is 5.75 Å². The molecule has 1 saturated heterocycles. The van der Waals surface area contributed by atoms with Gasteiger partial charge < -0.3 is 13.7 Å². The van der Waals surface area contributed by atoms with E-state index in [1.54, 1.807) is 30.1 Å². The minimum absolute atomic E-state index is 0.0252. The van der Waals surface area contributed by atoms with Gasteiger partial charge in [-0.25, -0.2) is 8.42 Å². The number of aromatic nitrogens is 2. The number of hydrogen-bond acceptors (Lipinski definition) is 7. The minimum Gasteiger partial charge on any atom is -0.491 e. The Hall–Kier alpha value is -2.69. The first kappa shape index (κ1) is 23.1. The van der Waals surface area contributed by atoms with E-state index in [0.717, 1.165) is 0 Å². The molecule has 34 heavy (non-hydrogen) atoms. The lowest BCUT2D eigenvalue weighted by molar-refractivity contribution is 0.115. The molecule has 182 valence electrons. The number of hydrogen-bond donors (Lipinski definition) is 0. The molecule has 0 spiro atoms. The van der Waals surface area contributed by atoms with E-state index in [0.29, 0.717) is 72.4 Å². The Balaban J connectivity index is 1.47. The third-order valence-corrected chi connectivity index (χ3v) is 7.92. The second kappa shape index (κ2) is 8.83. The van der Waals surface area contributed by atoms with Crippen LogP contribution in [0.2, 0.25) is 0 Å². The molecule has 1 aliphatic heterocycles. The zero-order valence-electron chi connectivity index (χ0n) is 19.7. The van der Waals surface area contributed by atoms with Crippen molar-refractivity contribution in [2.45, 2.75) is 32.4 Å². The summed E-state index contributed by atoms with van der Waals surface area (Å²) in [6.45, 7) is 4.61. The number of nitrogens with zero attached hydrogens (tertiary/aromatic N) is 4. The van der Waals surface area contributed by atoms with Crippen molar-refractivity contribution in [3.8, 4) is 17.0 Å². The van der Waals surface area contributed by atoms with Gasteiger partial charge in [0.15, 0.2) is 5.58 Å². The summed E-state index contributed by atoms with van der Waals surface area (Å²) in [6, 6.07) is 5.56. The SMILES string of the molecule is CC1CN(S(C)(=O)=O)CCN1Cc1cc2c(=O)n(C)cc(-c3ncccc3OCC3CC3)c2o1. The molecule has 0 N–H and O–H groups in total. The van der Waals surface area contributed by atoms with E-state index >= 15 is 0 Å². The van der Waals surface area contributed by atoms with Gasteiger partial charge in [0.1, 0.15) is 17.2 Å². The monoisotopic (exact) mass is 486 g/mol. The fourth-order valence-corrected chi connectivity index (χ4v) is 5.35. The fraction of sp³-hybridized carbons (Fsp3) is 0.500. The molecule has 3 aromatic rings. The number of fused-ring (bicyclic) bond motifs is 1. The third kappa shape index (κ3) is 4.62. The summed E-state index contributed by atoms with van der Waals surface area (Å²) in [5, 5.41) is 0.497. The van der Waals surface area contributed by atoms with Crippen LogP contribution in [-0.4, -0.2) is 65.7 Å². The van der Waals surface area contributed by atoms with Gasteiger partial charge in [0.05, 0.1) is 30.4 Å². The van der Waals surface area contributed by atoms with Crippen molar-refractivity contribution in [3.63, 3.8) is 0 Å². The summed E-state index contributed by atoms with van der Waals surface area (Å²) in [4.78, 5) is 19.6. The quantitative estimate of drug-likeness (QED) is 0.506. The molecule has 1 atom stereocenters. The summed E-state index contributed by atoms with van der Waals surface area (Å²) in [6.07, 6.45) is 7.09. The summed E-state index contributed by atoms with van der Waals surface area (Å²) >= 11 is 0. The first-order valence-electron chi connectivity index (χ1n) is 11.6. The second-order valence-electron chi connectivity index (χ2n) is 9.46. The predicted molar refractivity (Wildman–Crippen MR) is 129 cm³/mol. The zero-order chi connectivity index (χ0) is 24.0. The summed E-state index contributed by atoms with van der Waals surface area (Å²) in [5.74, 6) is 1.95. The molecule has 0 aromatic carbocycles. The Morgan fingerprint density at radius 1 is 1.26 bits per heavy atom. The lowest BCUT2D eigenvalue weighted by atomic mass is 10.1. The van der Waals surface area contributed by atoms with Crippen molar-refractivity contribution in [2.24, 2.45) is 13.0 Å². The van der Waals surface area contributed by atoms with Crippen LogP contribution in [-0.2, 0) is 23.6 Å². The number of sulfonamides is 1. The van der Waals surface area contributed by atoms with Crippen molar-refractivity contribution in [1.82, 2.24) is 18.8 Å². The molecule has 0 radical (unpaired) electrons. The van der Waals surface area contributed by atoms with Crippen LogP contribution in [0.3, 0.4) is 0 Å². The van der Waals surface area contributed by atoms with Gasteiger partial charge in [-0.15, -0.1) is 0 Å². The molecule has 4 heterocycles. The number of ether oxygens (including phenoxy) is 1. The fourth-order valence-electron chi connectivity index (χ4n) is 4.45. The van der Waals surface area contributed by atoms with Crippen LogP contribution in [0.1, 0.15) is 25.5 Å².